The van der Waals surface area contributed by atoms with Crippen LogP contribution in [0.15, 0.2) is 24.3 Å². The molecule has 19 heavy (non-hydrogen) atoms. The molecule has 1 aromatic rings. The summed E-state index contributed by atoms with van der Waals surface area (Å²) in [7, 11) is 0. The highest BCUT2D eigenvalue weighted by Gasteiger charge is 2.35. The molecule has 0 atom stereocenters. The second-order valence-electron chi connectivity index (χ2n) is 5.21. The number of hydrogen-bond donors (Lipinski definition) is 1. The van der Waals surface area contributed by atoms with E-state index in [4.69, 9.17) is 10.5 Å². The summed E-state index contributed by atoms with van der Waals surface area (Å²) in [4.78, 5) is 0. The smallest absolute Gasteiger partial charge is 0.419 e. The van der Waals surface area contributed by atoms with Crippen LogP contribution in [0.4, 0.5) is 13.2 Å². The van der Waals surface area contributed by atoms with Gasteiger partial charge in [-0.15, -0.1) is 0 Å². The van der Waals surface area contributed by atoms with Crippen LogP contribution in [0.5, 0.6) is 5.75 Å². The van der Waals surface area contributed by atoms with Crippen molar-refractivity contribution >= 4 is 0 Å². The number of nitrogens with two attached hydrogens (primary N) is 1. The monoisotopic (exact) mass is 273 g/mol. The lowest BCUT2D eigenvalue weighted by molar-refractivity contribution is -0.139. The molecule has 0 aliphatic heterocycles. The maximum atomic E-state index is 12.8. The molecule has 0 unspecified atom stereocenters. The predicted molar refractivity (Wildman–Crippen MR) is 66.9 cm³/mol. The SMILES string of the molecule is NC1(COc2ccccc2C(F)(F)F)CCCCC1. The van der Waals surface area contributed by atoms with Crippen molar-refractivity contribution in [2.75, 3.05) is 6.61 Å². The fourth-order valence-corrected chi connectivity index (χ4v) is 2.45. The van der Waals surface area contributed by atoms with Crippen molar-refractivity contribution in [2.45, 2.75) is 43.8 Å². The first-order valence-electron chi connectivity index (χ1n) is 6.49. The molecule has 1 aromatic carbocycles. The van der Waals surface area contributed by atoms with E-state index in [0.717, 1.165) is 38.2 Å². The average molecular weight is 273 g/mol. The summed E-state index contributed by atoms with van der Waals surface area (Å²) in [6.45, 7) is 0.139. The molecule has 1 fully saturated rings. The fraction of sp³-hybridized carbons (Fsp3) is 0.571. The van der Waals surface area contributed by atoms with Gasteiger partial charge in [0.2, 0.25) is 0 Å². The zero-order valence-electron chi connectivity index (χ0n) is 10.7. The lowest BCUT2D eigenvalue weighted by Gasteiger charge is -2.33. The molecule has 0 aromatic heterocycles. The maximum Gasteiger partial charge on any atom is 0.419 e. The number of rotatable bonds is 3. The molecular formula is C14H18F3NO. The summed E-state index contributed by atoms with van der Waals surface area (Å²) >= 11 is 0. The Bertz CT molecular complexity index is 425. The highest BCUT2D eigenvalue weighted by molar-refractivity contribution is 5.35. The Balaban J connectivity index is 2.07. The van der Waals surface area contributed by atoms with Crippen molar-refractivity contribution in [3.8, 4) is 5.75 Å². The average Bonchev–Trinajstić information content (AvgIpc) is 2.37. The van der Waals surface area contributed by atoms with Gasteiger partial charge in [0.05, 0.1) is 11.1 Å². The second-order valence-corrected chi connectivity index (χ2v) is 5.21. The first-order chi connectivity index (χ1) is 8.91. The molecule has 0 heterocycles. The minimum absolute atomic E-state index is 0.134. The van der Waals surface area contributed by atoms with Crippen molar-refractivity contribution in [1.82, 2.24) is 0 Å². The molecule has 1 saturated carbocycles. The van der Waals surface area contributed by atoms with Crippen LogP contribution < -0.4 is 10.5 Å². The molecule has 106 valence electrons. The molecular weight excluding hydrogens is 255 g/mol. The molecule has 0 radical (unpaired) electrons. The van der Waals surface area contributed by atoms with E-state index >= 15 is 0 Å². The highest BCUT2D eigenvalue weighted by atomic mass is 19.4. The standard InChI is InChI=1S/C14H18F3NO/c15-14(16,17)11-6-2-3-7-12(11)19-10-13(18)8-4-1-5-9-13/h2-3,6-7H,1,4-5,8-10,18H2. The van der Waals surface area contributed by atoms with Crippen molar-refractivity contribution in [1.29, 1.82) is 0 Å². The van der Waals surface area contributed by atoms with Crippen LogP contribution in [-0.2, 0) is 6.18 Å². The third-order valence-corrected chi connectivity index (χ3v) is 3.56. The summed E-state index contributed by atoms with van der Waals surface area (Å²) in [6.07, 6.45) is 0.382. The summed E-state index contributed by atoms with van der Waals surface area (Å²) in [5, 5.41) is 0. The van der Waals surface area contributed by atoms with Gasteiger partial charge in [-0.25, -0.2) is 0 Å². The topological polar surface area (TPSA) is 35.2 Å². The molecule has 1 aliphatic rings. The van der Waals surface area contributed by atoms with E-state index in [1.807, 2.05) is 0 Å². The second kappa shape index (κ2) is 5.41. The van der Waals surface area contributed by atoms with Gasteiger partial charge >= 0.3 is 6.18 Å². The summed E-state index contributed by atoms with van der Waals surface area (Å²) < 4.78 is 43.8. The van der Waals surface area contributed by atoms with Gasteiger partial charge in [0, 0.05) is 0 Å². The van der Waals surface area contributed by atoms with E-state index in [1.54, 1.807) is 0 Å². The van der Waals surface area contributed by atoms with E-state index < -0.39 is 17.3 Å². The van der Waals surface area contributed by atoms with Gasteiger partial charge in [0.25, 0.3) is 0 Å². The number of halogens is 3. The van der Waals surface area contributed by atoms with Gasteiger partial charge in [-0.3, -0.25) is 0 Å². The van der Waals surface area contributed by atoms with E-state index in [9.17, 15) is 13.2 Å². The van der Waals surface area contributed by atoms with Crippen LogP contribution in [0.3, 0.4) is 0 Å². The first-order valence-corrected chi connectivity index (χ1v) is 6.49. The van der Waals surface area contributed by atoms with Crippen molar-refractivity contribution in [2.24, 2.45) is 5.73 Å². The normalized spacial score (nSPS) is 19.2. The van der Waals surface area contributed by atoms with Crippen LogP contribution in [0.2, 0.25) is 0 Å². The van der Waals surface area contributed by atoms with Gasteiger partial charge in [-0.05, 0) is 25.0 Å². The van der Waals surface area contributed by atoms with Gasteiger partial charge in [-0.2, -0.15) is 13.2 Å². The number of benzene rings is 1. The summed E-state index contributed by atoms with van der Waals surface area (Å²) in [6, 6.07) is 5.26. The lowest BCUT2D eigenvalue weighted by Crippen LogP contribution is -2.47. The quantitative estimate of drug-likeness (QED) is 0.910. The molecule has 2 N–H and O–H groups in total. The Morgan fingerprint density at radius 1 is 1.11 bits per heavy atom. The third kappa shape index (κ3) is 3.62. The van der Waals surface area contributed by atoms with Crippen LogP contribution in [0.1, 0.15) is 37.7 Å². The molecule has 5 heteroatoms. The highest BCUT2D eigenvalue weighted by Crippen LogP contribution is 2.36. The molecule has 0 bridgehead atoms. The molecule has 0 amide bonds. The van der Waals surface area contributed by atoms with E-state index in [2.05, 4.69) is 0 Å². The van der Waals surface area contributed by atoms with Crippen LogP contribution in [0, 0.1) is 0 Å². The zero-order valence-corrected chi connectivity index (χ0v) is 10.7. The van der Waals surface area contributed by atoms with Crippen LogP contribution in [0.25, 0.3) is 0 Å². The third-order valence-electron chi connectivity index (χ3n) is 3.56. The molecule has 1 aliphatic carbocycles. The minimum Gasteiger partial charge on any atom is -0.491 e. The predicted octanol–water partition coefficient (Wildman–Crippen LogP) is 3.75. The van der Waals surface area contributed by atoms with Crippen molar-refractivity contribution < 1.29 is 17.9 Å². The molecule has 2 rings (SSSR count). The van der Waals surface area contributed by atoms with Crippen molar-refractivity contribution in [3.05, 3.63) is 29.8 Å². The largest absolute Gasteiger partial charge is 0.491 e. The molecule has 2 nitrogen and oxygen atoms in total. The van der Waals surface area contributed by atoms with Crippen molar-refractivity contribution in [3.63, 3.8) is 0 Å². The number of hydrogen-bond acceptors (Lipinski definition) is 2. The molecule has 0 saturated heterocycles. The van der Waals surface area contributed by atoms with E-state index in [0.29, 0.717) is 0 Å². The maximum absolute atomic E-state index is 12.8. The van der Waals surface area contributed by atoms with Gasteiger partial charge in [0.15, 0.2) is 0 Å². The van der Waals surface area contributed by atoms with E-state index in [1.165, 1.54) is 18.2 Å². The Kier molecular flexibility index (Phi) is 4.04. The lowest BCUT2D eigenvalue weighted by atomic mass is 9.83. The Morgan fingerprint density at radius 2 is 1.74 bits per heavy atom. The molecule has 0 spiro atoms. The first kappa shape index (κ1) is 14.2. The number of alkyl halides is 3. The van der Waals surface area contributed by atoms with Gasteiger partial charge in [0.1, 0.15) is 12.4 Å². The zero-order chi connectivity index (χ0) is 13.9. The van der Waals surface area contributed by atoms with Crippen LogP contribution >= 0.6 is 0 Å². The number of ether oxygens (including phenoxy) is 1. The summed E-state index contributed by atoms with van der Waals surface area (Å²) in [5.41, 5.74) is 4.93. The number of para-hydroxylation sites is 1. The van der Waals surface area contributed by atoms with E-state index in [-0.39, 0.29) is 12.4 Å². The fourth-order valence-electron chi connectivity index (χ4n) is 2.45. The Morgan fingerprint density at radius 3 is 2.37 bits per heavy atom. The minimum atomic E-state index is -4.40. The summed E-state index contributed by atoms with van der Waals surface area (Å²) in [5.74, 6) is -0.134. The Hall–Kier alpha value is -1.23. The van der Waals surface area contributed by atoms with Gasteiger partial charge in [-0.1, -0.05) is 31.4 Å². The van der Waals surface area contributed by atoms with Crippen LogP contribution in [-0.4, -0.2) is 12.1 Å². The van der Waals surface area contributed by atoms with Gasteiger partial charge < -0.3 is 10.5 Å². The Labute approximate surface area is 110 Å².